The van der Waals surface area contributed by atoms with Crippen LogP contribution in [0.15, 0.2) is 30.6 Å². The van der Waals surface area contributed by atoms with Gasteiger partial charge in [0.25, 0.3) is 5.69 Å². The number of hydrogen-bond acceptors (Lipinski definition) is 4. The lowest BCUT2D eigenvalue weighted by atomic mass is 10.1. The van der Waals surface area contributed by atoms with Crippen LogP contribution in [-0.2, 0) is 13.6 Å². The van der Waals surface area contributed by atoms with Gasteiger partial charge in [-0.05, 0) is 31.9 Å². The minimum Gasteiger partial charge on any atom is -0.292 e. The van der Waals surface area contributed by atoms with E-state index in [1.165, 1.54) is 5.56 Å². The van der Waals surface area contributed by atoms with Crippen LogP contribution in [0.3, 0.4) is 0 Å². The molecule has 0 N–H and O–H groups in total. The van der Waals surface area contributed by atoms with Crippen molar-refractivity contribution in [3.8, 4) is 0 Å². The van der Waals surface area contributed by atoms with Crippen LogP contribution in [0.25, 0.3) is 0 Å². The molecule has 0 spiro atoms. The van der Waals surface area contributed by atoms with E-state index >= 15 is 0 Å². The van der Waals surface area contributed by atoms with Crippen molar-refractivity contribution in [3.05, 3.63) is 57.4 Å². The third-order valence-corrected chi connectivity index (χ3v) is 4.33. The standard InChI is InChI=1S/C16H20N4O2/c1-12-5-6-13(8-16(12)20(21)22)10-19-7-3-4-15(19)14-9-17-18(2)11-14/h5-6,8-9,11,15H,3-4,7,10H2,1-2H3/t15-/m0/s1. The number of benzene rings is 1. The zero-order valence-corrected chi connectivity index (χ0v) is 12.9. The summed E-state index contributed by atoms with van der Waals surface area (Å²) in [5.41, 5.74) is 3.13. The van der Waals surface area contributed by atoms with Gasteiger partial charge < -0.3 is 0 Å². The molecule has 0 aliphatic carbocycles. The Balaban J connectivity index is 1.80. The lowest BCUT2D eigenvalue weighted by molar-refractivity contribution is -0.385. The second kappa shape index (κ2) is 5.88. The predicted octanol–water partition coefficient (Wildman–Crippen LogP) is 2.97. The summed E-state index contributed by atoms with van der Waals surface area (Å²) in [6.45, 7) is 3.53. The molecule has 22 heavy (non-hydrogen) atoms. The van der Waals surface area contributed by atoms with Gasteiger partial charge in [-0.25, -0.2) is 0 Å². The molecule has 1 saturated heterocycles. The molecular formula is C16H20N4O2. The molecule has 116 valence electrons. The van der Waals surface area contributed by atoms with E-state index in [-0.39, 0.29) is 10.6 Å². The van der Waals surface area contributed by atoms with Crippen molar-refractivity contribution >= 4 is 5.69 Å². The first kappa shape index (κ1) is 14.7. The fourth-order valence-electron chi connectivity index (χ4n) is 3.19. The molecule has 6 heteroatoms. The molecule has 1 atom stereocenters. The molecule has 1 aromatic carbocycles. The topological polar surface area (TPSA) is 64.2 Å². The zero-order chi connectivity index (χ0) is 15.7. The van der Waals surface area contributed by atoms with Crippen LogP contribution in [0.5, 0.6) is 0 Å². The van der Waals surface area contributed by atoms with Crippen molar-refractivity contribution in [1.82, 2.24) is 14.7 Å². The van der Waals surface area contributed by atoms with Gasteiger partial charge in [-0.1, -0.05) is 12.1 Å². The average molecular weight is 300 g/mol. The van der Waals surface area contributed by atoms with Gasteiger partial charge in [0, 0.05) is 43.0 Å². The van der Waals surface area contributed by atoms with Gasteiger partial charge >= 0.3 is 0 Å². The van der Waals surface area contributed by atoms with Crippen LogP contribution in [0, 0.1) is 17.0 Å². The van der Waals surface area contributed by atoms with Crippen molar-refractivity contribution in [1.29, 1.82) is 0 Å². The maximum atomic E-state index is 11.1. The van der Waals surface area contributed by atoms with E-state index in [0.29, 0.717) is 11.6 Å². The van der Waals surface area contributed by atoms with Gasteiger partial charge in [0.05, 0.1) is 11.1 Å². The number of likely N-dealkylation sites (tertiary alicyclic amines) is 1. The number of hydrogen-bond donors (Lipinski definition) is 0. The maximum absolute atomic E-state index is 11.1. The molecule has 1 aliphatic heterocycles. The van der Waals surface area contributed by atoms with Crippen molar-refractivity contribution in [2.24, 2.45) is 7.05 Å². The molecule has 2 aromatic rings. The molecule has 0 bridgehead atoms. The summed E-state index contributed by atoms with van der Waals surface area (Å²) in [5, 5.41) is 15.3. The average Bonchev–Trinajstić information content (AvgIpc) is 3.09. The summed E-state index contributed by atoms with van der Waals surface area (Å²) < 4.78 is 1.82. The van der Waals surface area contributed by atoms with E-state index in [2.05, 4.69) is 16.2 Å². The number of nitrogens with zero attached hydrogens (tertiary/aromatic N) is 4. The van der Waals surface area contributed by atoms with Crippen LogP contribution in [0.2, 0.25) is 0 Å². The number of aryl methyl sites for hydroxylation is 2. The van der Waals surface area contributed by atoms with Crippen molar-refractivity contribution in [3.63, 3.8) is 0 Å². The molecule has 3 rings (SSSR count). The summed E-state index contributed by atoms with van der Waals surface area (Å²) >= 11 is 0. The minimum atomic E-state index is -0.304. The molecule has 1 aromatic heterocycles. The summed E-state index contributed by atoms with van der Waals surface area (Å²) in [6, 6.07) is 5.88. The van der Waals surface area contributed by atoms with Crippen molar-refractivity contribution < 1.29 is 4.92 Å². The first-order chi connectivity index (χ1) is 10.5. The van der Waals surface area contributed by atoms with Crippen LogP contribution in [-0.4, -0.2) is 26.1 Å². The monoisotopic (exact) mass is 300 g/mol. The van der Waals surface area contributed by atoms with Gasteiger partial charge in [-0.15, -0.1) is 0 Å². The predicted molar refractivity (Wildman–Crippen MR) is 83.4 cm³/mol. The highest BCUT2D eigenvalue weighted by molar-refractivity contribution is 5.42. The van der Waals surface area contributed by atoms with Crippen LogP contribution < -0.4 is 0 Å². The second-order valence-corrected chi connectivity index (χ2v) is 5.95. The van der Waals surface area contributed by atoms with Crippen LogP contribution in [0.4, 0.5) is 5.69 Å². The van der Waals surface area contributed by atoms with E-state index < -0.39 is 0 Å². The van der Waals surface area contributed by atoms with Crippen LogP contribution in [0.1, 0.15) is 35.6 Å². The maximum Gasteiger partial charge on any atom is 0.272 e. The first-order valence-electron chi connectivity index (χ1n) is 7.51. The normalized spacial score (nSPS) is 18.7. The Morgan fingerprint density at radius 1 is 1.45 bits per heavy atom. The molecule has 0 saturated carbocycles. The minimum absolute atomic E-state index is 0.203. The zero-order valence-electron chi connectivity index (χ0n) is 12.9. The molecule has 1 fully saturated rings. The third-order valence-electron chi connectivity index (χ3n) is 4.33. The third kappa shape index (κ3) is 2.87. The van der Waals surface area contributed by atoms with Crippen LogP contribution >= 0.6 is 0 Å². The number of aromatic nitrogens is 2. The Labute approximate surface area is 129 Å². The highest BCUT2D eigenvalue weighted by atomic mass is 16.6. The van der Waals surface area contributed by atoms with Gasteiger partial charge in [0.15, 0.2) is 0 Å². The Morgan fingerprint density at radius 3 is 2.95 bits per heavy atom. The lowest BCUT2D eigenvalue weighted by Crippen LogP contribution is -2.22. The Kier molecular flexibility index (Phi) is 3.94. The van der Waals surface area contributed by atoms with E-state index in [4.69, 9.17) is 0 Å². The smallest absolute Gasteiger partial charge is 0.272 e. The summed E-state index contributed by atoms with van der Waals surface area (Å²) in [5.74, 6) is 0. The second-order valence-electron chi connectivity index (χ2n) is 5.95. The Bertz CT molecular complexity index is 695. The van der Waals surface area contributed by atoms with Crippen molar-refractivity contribution in [2.75, 3.05) is 6.54 Å². The molecule has 6 nitrogen and oxygen atoms in total. The van der Waals surface area contributed by atoms with Gasteiger partial charge in [0.1, 0.15) is 0 Å². The van der Waals surface area contributed by atoms with E-state index in [9.17, 15) is 10.1 Å². The summed E-state index contributed by atoms with van der Waals surface area (Å²) in [4.78, 5) is 13.2. The Morgan fingerprint density at radius 2 is 2.27 bits per heavy atom. The van der Waals surface area contributed by atoms with E-state index in [0.717, 1.165) is 31.5 Å². The van der Waals surface area contributed by atoms with Gasteiger partial charge in [-0.2, -0.15) is 5.10 Å². The molecule has 0 amide bonds. The number of nitro groups is 1. The highest BCUT2D eigenvalue weighted by Gasteiger charge is 2.27. The largest absolute Gasteiger partial charge is 0.292 e. The number of rotatable bonds is 4. The SMILES string of the molecule is Cc1ccc(CN2CCC[C@H]2c2cnn(C)c2)cc1[N+](=O)[O-]. The summed E-state index contributed by atoms with van der Waals surface area (Å²) in [6.07, 6.45) is 6.23. The van der Waals surface area contributed by atoms with E-state index in [1.807, 2.05) is 30.1 Å². The first-order valence-corrected chi connectivity index (χ1v) is 7.51. The van der Waals surface area contributed by atoms with E-state index in [1.54, 1.807) is 13.0 Å². The molecular weight excluding hydrogens is 280 g/mol. The molecule has 2 heterocycles. The van der Waals surface area contributed by atoms with Gasteiger partial charge in [0.2, 0.25) is 0 Å². The Hall–Kier alpha value is -2.21. The fourth-order valence-corrected chi connectivity index (χ4v) is 3.19. The molecule has 0 unspecified atom stereocenters. The molecule has 1 aliphatic rings. The molecule has 0 radical (unpaired) electrons. The van der Waals surface area contributed by atoms with Crippen molar-refractivity contribution in [2.45, 2.75) is 32.4 Å². The quantitative estimate of drug-likeness (QED) is 0.643. The number of nitro benzene ring substituents is 1. The lowest BCUT2D eigenvalue weighted by Gasteiger charge is -2.23. The highest BCUT2D eigenvalue weighted by Crippen LogP contribution is 2.33. The fraction of sp³-hybridized carbons (Fsp3) is 0.438. The van der Waals surface area contributed by atoms with Gasteiger partial charge in [-0.3, -0.25) is 19.7 Å². The summed E-state index contributed by atoms with van der Waals surface area (Å²) in [7, 11) is 1.92.